The maximum absolute atomic E-state index is 14.3. The number of imidazole rings is 1. The number of carbonyl (C=O) groups excluding carboxylic acids is 1. The Labute approximate surface area is 181 Å². The number of ketones is 1. The molecule has 0 saturated carbocycles. The van der Waals surface area contributed by atoms with Crippen LogP contribution in [0.4, 0.5) is 4.39 Å². The molecule has 1 aromatic carbocycles. The van der Waals surface area contributed by atoms with Crippen molar-refractivity contribution in [3.05, 3.63) is 95.0 Å². The van der Waals surface area contributed by atoms with Crippen molar-refractivity contribution < 1.29 is 9.18 Å². The maximum Gasteiger partial charge on any atom is 0.181 e. The largest absolute Gasteiger partial charge is 0.292 e. The second-order valence-corrected chi connectivity index (χ2v) is 8.14. The third kappa shape index (κ3) is 4.00. The Morgan fingerprint density at radius 2 is 2.06 bits per heavy atom. The van der Waals surface area contributed by atoms with Crippen LogP contribution in [0, 0.1) is 11.7 Å². The highest BCUT2D eigenvalue weighted by Gasteiger charge is 2.26. The lowest BCUT2D eigenvalue weighted by molar-refractivity contribution is 0.0978. The molecule has 1 atom stereocenters. The Kier molecular flexibility index (Phi) is 5.68. The van der Waals surface area contributed by atoms with Crippen molar-refractivity contribution in [3.63, 3.8) is 0 Å². The van der Waals surface area contributed by atoms with Gasteiger partial charge in [0.2, 0.25) is 0 Å². The number of aromatic nitrogens is 3. The summed E-state index contributed by atoms with van der Waals surface area (Å²) in [6.07, 6.45) is 7.27. The van der Waals surface area contributed by atoms with Gasteiger partial charge in [0.15, 0.2) is 11.4 Å². The summed E-state index contributed by atoms with van der Waals surface area (Å²) < 4.78 is 16.1. The molecule has 1 aliphatic rings. The Morgan fingerprint density at radius 3 is 2.81 bits per heavy atom. The number of Topliss-reactive ketones (excluding diaryl/α,β-unsaturated/α-hetero) is 1. The van der Waals surface area contributed by atoms with Crippen LogP contribution in [0.2, 0.25) is 0 Å². The number of fused-ring (bicyclic) bond motifs is 1. The monoisotopic (exact) mass is 415 g/mol. The van der Waals surface area contributed by atoms with E-state index in [4.69, 9.17) is 0 Å². The molecule has 0 saturated heterocycles. The van der Waals surface area contributed by atoms with Crippen LogP contribution in [-0.4, -0.2) is 20.2 Å². The fraction of sp³-hybridized carbons (Fsp3) is 0.269. The van der Waals surface area contributed by atoms with E-state index in [0.29, 0.717) is 42.1 Å². The summed E-state index contributed by atoms with van der Waals surface area (Å²) in [5.74, 6) is 0.146. The van der Waals surface area contributed by atoms with E-state index in [0.717, 1.165) is 17.7 Å². The number of aryl methyl sites for hydroxylation is 2. The van der Waals surface area contributed by atoms with E-state index in [1.165, 1.54) is 22.8 Å². The molecule has 158 valence electrons. The summed E-state index contributed by atoms with van der Waals surface area (Å²) in [6, 6.07) is 6.88. The van der Waals surface area contributed by atoms with E-state index >= 15 is 0 Å². The van der Waals surface area contributed by atoms with Crippen molar-refractivity contribution in [3.8, 4) is 0 Å². The number of allylic oxidation sites excluding steroid dienone is 3. The Bertz CT molecular complexity index is 1230. The molecule has 3 aromatic rings. The molecule has 31 heavy (non-hydrogen) atoms. The second-order valence-electron chi connectivity index (χ2n) is 8.14. The van der Waals surface area contributed by atoms with Gasteiger partial charge in [0.1, 0.15) is 17.8 Å². The molecule has 0 aliphatic heterocycles. The van der Waals surface area contributed by atoms with Crippen molar-refractivity contribution in [1.29, 1.82) is 0 Å². The molecule has 0 bridgehead atoms. The van der Waals surface area contributed by atoms with Gasteiger partial charge in [-0.3, -0.25) is 9.20 Å². The zero-order chi connectivity index (χ0) is 22.1. The van der Waals surface area contributed by atoms with E-state index in [1.807, 2.05) is 6.07 Å². The standard InChI is InChI=1S/C26H26FN3O/c1-5-21-13-24(29-26-14-28-15-30(21)26)25(31)11-7-19-6-10-23(27)20(12-19)8-9-22-17(3)16(2)18(22)4/h5-6,10,12-15,17H,1-2,7-9,11H2,3-4H3. The minimum Gasteiger partial charge on any atom is -0.292 e. The summed E-state index contributed by atoms with van der Waals surface area (Å²) >= 11 is 0. The maximum atomic E-state index is 14.3. The average molecular weight is 416 g/mol. The Hall–Kier alpha value is -3.34. The molecule has 1 aliphatic carbocycles. The van der Waals surface area contributed by atoms with Gasteiger partial charge in [-0.1, -0.05) is 37.8 Å². The summed E-state index contributed by atoms with van der Waals surface area (Å²) in [7, 11) is 0. The lowest BCUT2D eigenvalue weighted by Gasteiger charge is -2.32. The molecule has 5 heteroatoms. The van der Waals surface area contributed by atoms with Crippen LogP contribution in [0.5, 0.6) is 0 Å². The Balaban J connectivity index is 1.44. The van der Waals surface area contributed by atoms with E-state index in [2.05, 4.69) is 37.0 Å². The van der Waals surface area contributed by atoms with Crippen molar-refractivity contribution in [2.45, 2.75) is 39.5 Å². The number of benzene rings is 1. The lowest BCUT2D eigenvalue weighted by atomic mass is 9.73. The van der Waals surface area contributed by atoms with Crippen molar-refractivity contribution in [1.82, 2.24) is 14.4 Å². The van der Waals surface area contributed by atoms with Gasteiger partial charge in [0, 0.05) is 12.3 Å². The van der Waals surface area contributed by atoms with Crippen LogP contribution in [0.1, 0.15) is 54.0 Å². The Morgan fingerprint density at radius 1 is 1.26 bits per heavy atom. The third-order valence-electron chi connectivity index (χ3n) is 6.33. The lowest BCUT2D eigenvalue weighted by Crippen LogP contribution is -2.17. The second kappa shape index (κ2) is 8.42. The van der Waals surface area contributed by atoms with Crippen molar-refractivity contribution >= 4 is 17.5 Å². The zero-order valence-corrected chi connectivity index (χ0v) is 18.0. The summed E-state index contributed by atoms with van der Waals surface area (Å²) in [5, 5.41) is 0. The number of hydrogen-bond acceptors (Lipinski definition) is 3. The van der Waals surface area contributed by atoms with Crippen LogP contribution in [0.15, 0.2) is 66.7 Å². The van der Waals surface area contributed by atoms with E-state index in [9.17, 15) is 9.18 Å². The highest BCUT2D eigenvalue weighted by molar-refractivity contribution is 5.95. The zero-order valence-electron chi connectivity index (χ0n) is 18.0. The van der Waals surface area contributed by atoms with E-state index < -0.39 is 0 Å². The minimum absolute atomic E-state index is 0.0553. The SMILES string of the molecule is C=Cc1cc(C(=O)CCc2ccc(F)c(CCC3=C(C)C(=C)C3C)c2)nc2cncn12. The highest BCUT2D eigenvalue weighted by Crippen LogP contribution is 2.41. The topological polar surface area (TPSA) is 47.3 Å². The van der Waals surface area contributed by atoms with Gasteiger partial charge < -0.3 is 0 Å². The predicted molar refractivity (Wildman–Crippen MR) is 121 cm³/mol. The fourth-order valence-corrected chi connectivity index (χ4v) is 4.26. The number of hydrogen-bond donors (Lipinski definition) is 0. The van der Waals surface area contributed by atoms with Crippen molar-refractivity contribution in [2.24, 2.45) is 5.92 Å². The third-order valence-corrected chi connectivity index (χ3v) is 6.33. The van der Waals surface area contributed by atoms with Crippen LogP contribution in [0.3, 0.4) is 0 Å². The smallest absolute Gasteiger partial charge is 0.181 e. The molecule has 0 radical (unpaired) electrons. The molecule has 1 unspecified atom stereocenters. The quantitative estimate of drug-likeness (QED) is 0.438. The van der Waals surface area contributed by atoms with Crippen LogP contribution >= 0.6 is 0 Å². The average Bonchev–Trinajstić information content (AvgIpc) is 3.26. The molecule has 2 aromatic heterocycles. The molecular formula is C26H26FN3O. The minimum atomic E-state index is -0.192. The number of carbonyl (C=O) groups is 1. The highest BCUT2D eigenvalue weighted by atomic mass is 19.1. The van der Waals surface area contributed by atoms with Crippen molar-refractivity contribution in [2.75, 3.05) is 0 Å². The van der Waals surface area contributed by atoms with Gasteiger partial charge in [-0.2, -0.15) is 0 Å². The van der Waals surface area contributed by atoms with Gasteiger partial charge in [0.05, 0.1) is 11.9 Å². The molecule has 0 spiro atoms. The van der Waals surface area contributed by atoms with E-state index in [-0.39, 0.29) is 11.6 Å². The molecule has 2 heterocycles. The van der Waals surface area contributed by atoms with Crippen LogP contribution < -0.4 is 0 Å². The van der Waals surface area contributed by atoms with Gasteiger partial charge in [-0.25, -0.2) is 14.4 Å². The molecule has 0 N–H and O–H groups in total. The number of nitrogens with zero attached hydrogens (tertiary/aromatic N) is 3. The molecule has 4 nitrogen and oxygen atoms in total. The van der Waals surface area contributed by atoms with Crippen LogP contribution in [0.25, 0.3) is 11.7 Å². The first-order valence-electron chi connectivity index (χ1n) is 10.5. The first kappa shape index (κ1) is 20.9. The summed E-state index contributed by atoms with van der Waals surface area (Å²) in [4.78, 5) is 21.2. The van der Waals surface area contributed by atoms with Crippen LogP contribution in [-0.2, 0) is 12.8 Å². The molecular weight excluding hydrogens is 389 g/mol. The van der Waals surface area contributed by atoms with Gasteiger partial charge in [0.25, 0.3) is 0 Å². The number of rotatable bonds is 8. The van der Waals surface area contributed by atoms with Gasteiger partial charge >= 0.3 is 0 Å². The summed E-state index contributed by atoms with van der Waals surface area (Å²) in [5.41, 5.74) is 7.24. The first-order valence-corrected chi connectivity index (χ1v) is 10.5. The molecule has 0 amide bonds. The summed E-state index contributed by atoms with van der Waals surface area (Å²) in [6.45, 7) is 12.1. The van der Waals surface area contributed by atoms with E-state index in [1.54, 1.807) is 35.1 Å². The first-order chi connectivity index (χ1) is 14.9. The van der Waals surface area contributed by atoms with Gasteiger partial charge in [-0.05, 0) is 66.7 Å². The fourth-order valence-electron chi connectivity index (χ4n) is 4.26. The van der Waals surface area contributed by atoms with Gasteiger partial charge in [-0.15, -0.1) is 0 Å². The molecule has 4 rings (SSSR count). The predicted octanol–water partition coefficient (Wildman–Crippen LogP) is 5.78. The normalized spacial score (nSPS) is 16.0. The number of halogens is 1. The molecule has 0 fully saturated rings.